The zero-order valence-corrected chi connectivity index (χ0v) is 20.4. The van der Waals surface area contributed by atoms with Crippen LogP contribution in [0.1, 0.15) is 41.5 Å². The number of ketones is 3. The minimum atomic E-state index is -3.54. The van der Waals surface area contributed by atoms with E-state index in [9.17, 15) is 52.6 Å². The number of esters is 2. The maximum atomic E-state index is 14.5. The molecular weight excluding hydrogens is 494 g/mol. The number of rotatable bonds is 12. The number of aliphatic carboxylic acids is 2. The number of carbonyl (C=O) groups is 7. The number of hydrogen-bond donors (Lipinski definition) is 4. The van der Waals surface area contributed by atoms with Crippen molar-refractivity contribution in [1.82, 2.24) is 0 Å². The van der Waals surface area contributed by atoms with Crippen LogP contribution >= 0.6 is 0 Å². The summed E-state index contributed by atoms with van der Waals surface area (Å²) in [5, 5.41) is 18.4. The van der Waals surface area contributed by atoms with Crippen molar-refractivity contribution in [2.45, 2.75) is 77.2 Å². The SMILES string of the molecule is CC(C)(C)OC(=O)C(C(=O)O)[C@H](N)C(=O)C(F)C(=O)C(F)C(=O)[C@@H](N)C(C(=O)O)C(=O)OC(C)(C)C. The Labute approximate surface area is 204 Å². The number of ether oxygens (including phenoxy) is 2. The van der Waals surface area contributed by atoms with Gasteiger partial charge < -0.3 is 31.2 Å². The quantitative estimate of drug-likeness (QED) is 0.179. The summed E-state index contributed by atoms with van der Waals surface area (Å²) < 4.78 is 38.6. The molecule has 0 amide bonds. The Balaban J connectivity index is 5.76. The average Bonchev–Trinajstić information content (AvgIpc) is 2.67. The molecule has 0 radical (unpaired) electrons. The first-order chi connectivity index (χ1) is 16.0. The van der Waals surface area contributed by atoms with Crippen LogP contribution in [0.3, 0.4) is 0 Å². The van der Waals surface area contributed by atoms with Gasteiger partial charge in [0.15, 0.2) is 23.4 Å². The summed E-state index contributed by atoms with van der Waals surface area (Å²) in [5.41, 5.74) is 8.23. The summed E-state index contributed by atoms with van der Waals surface area (Å²) >= 11 is 0. The molecule has 0 spiro atoms. The van der Waals surface area contributed by atoms with Gasteiger partial charge in [0.25, 0.3) is 0 Å². The molecular formula is C21H30F2N2O11. The van der Waals surface area contributed by atoms with E-state index >= 15 is 0 Å². The van der Waals surface area contributed by atoms with Crippen LogP contribution in [0, 0.1) is 11.8 Å². The van der Waals surface area contributed by atoms with E-state index in [2.05, 4.69) is 0 Å². The summed E-state index contributed by atoms with van der Waals surface area (Å²) in [6.07, 6.45) is -7.08. The van der Waals surface area contributed by atoms with Crippen LogP contribution in [0.15, 0.2) is 0 Å². The number of nitrogens with two attached hydrogens (primary N) is 2. The minimum absolute atomic E-state index is 1.24. The van der Waals surface area contributed by atoms with Gasteiger partial charge in [0, 0.05) is 0 Å². The van der Waals surface area contributed by atoms with Crippen LogP contribution in [-0.2, 0) is 43.0 Å². The molecule has 0 heterocycles. The van der Waals surface area contributed by atoms with E-state index in [1.54, 1.807) is 0 Å². The predicted molar refractivity (Wildman–Crippen MR) is 115 cm³/mol. The van der Waals surface area contributed by atoms with Gasteiger partial charge in [-0.3, -0.25) is 33.6 Å². The lowest BCUT2D eigenvalue weighted by molar-refractivity contribution is -0.170. The summed E-state index contributed by atoms with van der Waals surface area (Å²) in [6, 6.07) is -5.05. The van der Waals surface area contributed by atoms with E-state index in [0.717, 1.165) is 0 Å². The summed E-state index contributed by atoms with van der Waals surface area (Å²) in [6.45, 7) is 8.10. The molecule has 0 aromatic heterocycles. The van der Waals surface area contributed by atoms with E-state index in [1.807, 2.05) is 0 Å². The lowest BCUT2D eigenvalue weighted by atomic mass is 9.89. The number of alkyl halides is 2. The zero-order chi connectivity index (χ0) is 28.9. The molecule has 0 aliphatic carbocycles. The Kier molecular flexibility index (Phi) is 11.0. The van der Waals surface area contributed by atoms with Gasteiger partial charge in [-0.25, -0.2) is 8.78 Å². The molecule has 0 aromatic carbocycles. The second kappa shape index (κ2) is 12.1. The number of carboxylic acid groups (broad SMARTS) is 2. The van der Waals surface area contributed by atoms with E-state index in [1.165, 1.54) is 41.5 Å². The van der Waals surface area contributed by atoms with Gasteiger partial charge in [-0.1, -0.05) is 0 Å². The van der Waals surface area contributed by atoms with Crippen LogP contribution < -0.4 is 11.5 Å². The molecule has 0 bridgehead atoms. The summed E-state index contributed by atoms with van der Waals surface area (Å²) in [4.78, 5) is 83.6. The molecule has 0 fully saturated rings. The number of carbonyl (C=O) groups excluding carboxylic acids is 5. The summed E-state index contributed by atoms with van der Waals surface area (Å²) in [7, 11) is 0. The normalized spacial score (nSPS) is 16.9. The van der Waals surface area contributed by atoms with Crippen molar-refractivity contribution in [2.75, 3.05) is 0 Å². The fourth-order valence-electron chi connectivity index (χ4n) is 2.61. The lowest BCUT2D eigenvalue weighted by Gasteiger charge is -2.25. The highest BCUT2D eigenvalue weighted by atomic mass is 19.1. The molecule has 0 saturated heterocycles. The molecule has 0 aromatic rings. The Bertz CT molecular complexity index is 852. The predicted octanol–water partition coefficient (Wildman–Crippen LogP) is -0.890. The highest BCUT2D eigenvalue weighted by Gasteiger charge is 2.49. The first-order valence-corrected chi connectivity index (χ1v) is 10.3. The topological polar surface area (TPSA) is 230 Å². The monoisotopic (exact) mass is 524 g/mol. The Morgan fingerprint density at radius 3 is 1.06 bits per heavy atom. The lowest BCUT2D eigenvalue weighted by Crippen LogP contribution is -2.55. The van der Waals surface area contributed by atoms with Gasteiger partial charge >= 0.3 is 23.9 Å². The van der Waals surface area contributed by atoms with Crippen molar-refractivity contribution in [3.05, 3.63) is 0 Å². The van der Waals surface area contributed by atoms with E-state index in [0.29, 0.717) is 0 Å². The van der Waals surface area contributed by atoms with Crippen LogP contribution in [0.5, 0.6) is 0 Å². The molecule has 6 atom stereocenters. The molecule has 6 N–H and O–H groups in total. The second-order valence-corrected chi connectivity index (χ2v) is 9.68. The fraction of sp³-hybridized carbons (Fsp3) is 0.667. The molecule has 15 heteroatoms. The molecule has 0 rings (SSSR count). The third kappa shape index (κ3) is 9.03. The van der Waals surface area contributed by atoms with E-state index < -0.39 is 88.7 Å². The third-order valence-corrected chi connectivity index (χ3v) is 4.23. The number of hydrogen-bond acceptors (Lipinski definition) is 11. The summed E-state index contributed by atoms with van der Waals surface area (Å²) in [5.74, 6) is -18.6. The Morgan fingerprint density at radius 2 is 0.861 bits per heavy atom. The fourth-order valence-corrected chi connectivity index (χ4v) is 2.61. The molecule has 0 aliphatic rings. The highest BCUT2D eigenvalue weighted by Crippen LogP contribution is 2.19. The van der Waals surface area contributed by atoms with Crippen LogP contribution in [-0.4, -0.2) is 87.1 Å². The van der Waals surface area contributed by atoms with Crippen LogP contribution in [0.4, 0.5) is 8.78 Å². The molecule has 36 heavy (non-hydrogen) atoms. The smallest absolute Gasteiger partial charge is 0.322 e. The largest absolute Gasteiger partial charge is 0.481 e. The van der Waals surface area contributed by atoms with Gasteiger partial charge in [0.2, 0.25) is 18.1 Å². The maximum absolute atomic E-state index is 14.5. The van der Waals surface area contributed by atoms with Crippen LogP contribution in [0.25, 0.3) is 0 Å². The molecule has 4 unspecified atom stereocenters. The van der Waals surface area contributed by atoms with Gasteiger partial charge in [-0.05, 0) is 41.5 Å². The van der Waals surface area contributed by atoms with Crippen molar-refractivity contribution in [2.24, 2.45) is 23.3 Å². The van der Waals surface area contributed by atoms with Gasteiger partial charge in [0.05, 0.1) is 12.1 Å². The molecule has 0 aliphatic heterocycles. The van der Waals surface area contributed by atoms with E-state index in [4.69, 9.17) is 20.9 Å². The number of carboxylic acids is 2. The zero-order valence-electron chi connectivity index (χ0n) is 20.4. The number of Topliss-reactive ketones (excluding diaryl/α,β-unsaturated/α-hetero) is 3. The first-order valence-electron chi connectivity index (χ1n) is 10.3. The van der Waals surface area contributed by atoms with Gasteiger partial charge in [0.1, 0.15) is 11.2 Å². The Hall–Kier alpha value is -3.33. The molecule has 13 nitrogen and oxygen atoms in total. The van der Waals surface area contributed by atoms with Crippen molar-refractivity contribution >= 4 is 41.2 Å². The van der Waals surface area contributed by atoms with Gasteiger partial charge in [-0.2, -0.15) is 0 Å². The second-order valence-electron chi connectivity index (χ2n) is 9.68. The third-order valence-electron chi connectivity index (χ3n) is 4.23. The first kappa shape index (κ1) is 32.7. The Morgan fingerprint density at radius 1 is 0.611 bits per heavy atom. The molecule has 0 saturated carbocycles. The van der Waals surface area contributed by atoms with E-state index in [-0.39, 0.29) is 0 Å². The minimum Gasteiger partial charge on any atom is -0.481 e. The standard InChI is InChI=1S/C21H30F2N2O11/c1-20(2,3)35-18(33)7(16(29)30)11(24)14(27)9(22)13(26)10(23)15(28)12(25)8(17(31)32)19(34)36-21(4,5)6/h7-12H,24-25H2,1-6H3,(H,29,30)(H,31,32)/t7?,8?,9?,10?,11-,12-/m0/s1. The highest BCUT2D eigenvalue weighted by molar-refractivity contribution is 6.19. The maximum Gasteiger partial charge on any atom is 0.322 e. The average molecular weight is 524 g/mol. The van der Waals surface area contributed by atoms with Crippen molar-refractivity contribution < 1.29 is 62.0 Å². The molecule has 204 valence electrons. The van der Waals surface area contributed by atoms with Gasteiger partial charge in [-0.15, -0.1) is 0 Å². The van der Waals surface area contributed by atoms with Crippen molar-refractivity contribution in [1.29, 1.82) is 0 Å². The van der Waals surface area contributed by atoms with Crippen molar-refractivity contribution in [3.63, 3.8) is 0 Å². The van der Waals surface area contributed by atoms with Crippen molar-refractivity contribution in [3.8, 4) is 0 Å². The number of halogens is 2. The van der Waals surface area contributed by atoms with Crippen LogP contribution in [0.2, 0.25) is 0 Å².